The number of nitrogens with one attached hydrogen (secondary N) is 1. The normalized spacial score (nSPS) is 46.8. The first-order chi connectivity index (χ1) is 7.77. The smallest absolute Gasteiger partial charge is 0.00966 e. The lowest BCUT2D eigenvalue weighted by Gasteiger charge is -2.26. The molecule has 2 bridgehead atoms. The average molecular weight is 235 g/mol. The van der Waals surface area contributed by atoms with Crippen LogP contribution in [0.3, 0.4) is 0 Å². The number of rotatable bonds is 2. The van der Waals surface area contributed by atoms with E-state index in [0.29, 0.717) is 5.41 Å². The van der Waals surface area contributed by atoms with E-state index in [2.05, 4.69) is 39.9 Å². The Labute approximate surface area is 107 Å². The summed E-state index contributed by atoms with van der Waals surface area (Å²) in [5, 5.41) is 3.75. The molecule has 4 atom stereocenters. The Kier molecular flexibility index (Phi) is 2.32. The van der Waals surface area contributed by atoms with E-state index in [1.165, 1.54) is 19.4 Å². The average Bonchev–Trinajstić information content (AvgIpc) is 2.64. The van der Waals surface area contributed by atoms with Crippen LogP contribution in [0, 0.1) is 28.6 Å². The van der Waals surface area contributed by atoms with E-state index in [1.54, 1.807) is 12.8 Å². The molecule has 1 nitrogen and oxygen atoms in total. The van der Waals surface area contributed by atoms with Crippen molar-refractivity contribution in [3.8, 4) is 0 Å². The van der Waals surface area contributed by atoms with Crippen LogP contribution in [0.4, 0.5) is 0 Å². The molecule has 0 amide bonds. The maximum absolute atomic E-state index is 3.75. The zero-order valence-electron chi connectivity index (χ0n) is 12.3. The predicted molar refractivity (Wildman–Crippen MR) is 72.9 cm³/mol. The van der Waals surface area contributed by atoms with E-state index < -0.39 is 0 Å². The van der Waals surface area contributed by atoms with Gasteiger partial charge >= 0.3 is 0 Å². The van der Waals surface area contributed by atoms with Gasteiger partial charge in [-0.05, 0) is 75.2 Å². The lowest BCUT2D eigenvalue weighted by molar-refractivity contribution is 0.235. The second-order valence-electron chi connectivity index (χ2n) is 8.53. The molecule has 3 aliphatic rings. The molecule has 0 aromatic rings. The molecule has 4 unspecified atom stereocenters. The van der Waals surface area contributed by atoms with Gasteiger partial charge in [0.1, 0.15) is 0 Å². The number of hydrogen-bond acceptors (Lipinski definition) is 1. The van der Waals surface area contributed by atoms with Gasteiger partial charge in [-0.1, -0.05) is 20.3 Å². The van der Waals surface area contributed by atoms with Crippen molar-refractivity contribution in [3.63, 3.8) is 0 Å². The zero-order chi connectivity index (χ0) is 12.5. The van der Waals surface area contributed by atoms with Crippen molar-refractivity contribution in [1.82, 2.24) is 5.32 Å². The highest BCUT2D eigenvalue weighted by Crippen LogP contribution is 2.81. The van der Waals surface area contributed by atoms with E-state index in [-0.39, 0.29) is 5.54 Å². The maximum Gasteiger partial charge on any atom is 0.00966 e. The third-order valence-electron chi connectivity index (χ3n) is 6.34. The van der Waals surface area contributed by atoms with Gasteiger partial charge in [0.25, 0.3) is 0 Å². The summed E-state index contributed by atoms with van der Waals surface area (Å²) in [5.74, 6) is 3.08. The van der Waals surface area contributed by atoms with Crippen molar-refractivity contribution in [2.24, 2.45) is 28.6 Å². The van der Waals surface area contributed by atoms with Gasteiger partial charge in [-0.15, -0.1) is 0 Å². The zero-order valence-corrected chi connectivity index (χ0v) is 12.3. The molecule has 0 heterocycles. The Morgan fingerprint density at radius 1 is 1.18 bits per heavy atom. The van der Waals surface area contributed by atoms with Crippen LogP contribution < -0.4 is 5.32 Å². The van der Waals surface area contributed by atoms with Crippen LogP contribution in [0.1, 0.15) is 60.3 Å². The highest BCUT2D eigenvalue weighted by molar-refractivity contribution is 5.24. The Balaban J connectivity index is 1.71. The van der Waals surface area contributed by atoms with E-state index in [0.717, 1.165) is 23.2 Å². The predicted octanol–water partition coefficient (Wildman–Crippen LogP) is 3.84. The molecule has 3 saturated carbocycles. The van der Waals surface area contributed by atoms with Gasteiger partial charge < -0.3 is 5.32 Å². The minimum absolute atomic E-state index is 0.275. The molecule has 98 valence electrons. The van der Waals surface area contributed by atoms with Crippen LogP contribution >= 0.6 is 0 Å². The molecule has 3 fully saturated rings. The van der Waals surface area contributed by atoms with Crippen molar-refractivity contribution >= 4 is 0 Å². The van der Waals surface area contributed by atoms with E-state index in [4.69, 9.17) is 0 Å². The quantitative estimate of drug-likeness (QED) is 0.767. The van der Waals surface area contributed by atoms with Crippen molar-refractivity contribution in [2.45, 2.75) is 65.8 Å². The lowest BCUT2D eigenvalue weighted by Crippen LogP contribution is -2.38. The van der Waals surface area contributed by atoms with Gasteiger partial charge in [-0.2, -0.15) is 0 Å². The maximum atomic E-state index is 3.75. The van der Waals surface area contributed by atoms with Crippen molar-refractivity contribution in [2.75, 3.05) is 6.54 Å². The van der Waals surface area contributed by atoms with Gasteiger partial charge in [-0.3, -0.25) is 0 Å². The third-order valence-corrected chi connectivity index (χ3v) is 6.34. The molecule has 1 N–H and O–H groups in total. The lowest BCUT2D eigenvalue weighted by atomic mass is 9.79. The first-order valence-electron chi connectivity index (χ1n) is 7.52. The van der Waals surface area contributed by atoms with Crippen LogP contribution in [0.2, 0.25) is 0 Å². The summed E-state index contributed by atoms with van der Waals surface area (Å²) in [4.78, 5) is 0. The van der Waals surface area contributed by atoms with Crippen LogP contribution in [-0.2, 0) is 0 Å². The van der Waals surface area contributed by atoms with Gasteiger partial charge in [0, 0.05) is 5.54 Å². The summed E-state index contributed by atoms with van der Waals surface area (Å²) in [6.45, 7) is 13.2. The van der Waals surface area contributed by atoms with Gasteiger partial charge in [-0.25, -0.2) is 0 Å². The summed E-state index contributed by atoms with van der Waals surface area (Å²) >= 11 is 0. The molecule has 3 rings (SSSR count). The summed E-state index contributed by atoms with van der Waals surface area (Å²) in [6, 6.07) is 0. The first kappa shape index (κ1) is 12.0. The standard InChI is InChI=1S/C16H29N/c1-14(2,3)17-10-13-15(4,5)16(13)9-11-6-7-12(16)8-11/h11-13,17H,6-10H2,1-5H3. The van der Waals surface area contributed by atoms with Gasteiger partial charge in [0.05, 0.1) is 0 Å². The summed E-state index contributed by atoms with van der Waals surface area (Å²) in [5.41, 5.74) is 1.61. The fourth-order valence-electron chi connectivity index (χ4n) is 5.44. The van der Waals surface area contributed by atoms with Crippen molar-refractivity contribution < 1.29 is 0 Å². The minimum Gasteiger partial charge on any atom is -0.312 e. The summed E-state index contributed by atoms with van der Waals surface area (Å²) < 4.78 is 0. The monoisotopic (exact) mass is 235 g/mol. The Morgan fingerprint density at radius 2 is 1.88 bits per heavy atom. The molecule has 0 saturated heterocycles. The van der Waals surface area contributed by atoms with Crippen LogP contribution in [0.25, 0.3) is 0 Å². The Bertz CT molecular complexity index is 325. The van der Waals surface area contributed by atoms with E-state index >= 15 is 0 Å². The highest BCUT2D eigenvalue weighted by Gasteiger charge is 2.76. The topological polar surface area (TPSA) is 12.0 Å². The molecule has 0 aliphatic heterocycles. The van der Waals surface area contributed by atoms with Gasteiger partial charge in [0.15, 0.2) is 0 Å². The molecular weight excluding hydrogens is 206 g/mol. The van der Waals surface area contributed by atoms with Crippen molar-refractivity contribution in [1.29, 1.82) is 0 Å². The minimum atomic E-state index is 0.275. The molecule has 17 heavy (non-hydrogen) atoms. The fourth-order valence-corrected chi connectivity index (χ4v) is 5.44. The Hall–Kier alpha value is -0.0400. The molecule has 0 aromatic heterocycles. The van der Waals surface area contributed by atoms with E-state index in [1.807, 2.05) is 0 Å². The fraction of sp³-hybridized carbons (Fsp3) is 1.00. The number of fused-ring (bicyclic) bond motifs is 3. The molecule has 0 radical (unpaired) electrons. The summed E-state index contributed by atoms with van der Waals surface area (Å²) in [6.07, 6.45) is 6.15. The van der Waals surface area contributed by atoms with Crippen LogP contribution in [-0.4, -0.2) is 12.1 Å². The highest BCUT2D eigenvalue weighted by atomic mass is 15.0. The second kappa shape index (κ2) is 3.29. The van der Waals surface area contributed by atoms with Crippen molar-refractivity contribution in [3.05, 3.63) is 0 Å². The Morgan fingerprint density at radius 3 is 2.35 bits per heavy atom. The van der Waals surface area contributed by atoms with E-state index in [9.17, 15) is 0 Å². The SMILES string of the molecule is CC(C)(C)NCC1C(C)(C)C12CC1CCC2C1. The molecular formula is C16H29N. The van der Waals surface area contributed by atoms with Gasteiger partial charge in [0.2, 0.25) is 0 Å². The number of hydrogen-bond donors (Lipinski definition) is 1. The molecule has 1 spiro atoms. The second-order valence-corrected chi connectivity index (χ2v) is 8.53. The molecule has 0 aromatic carbocycles. The van der Waals surface area contributed by atoms with Crippen LogP contribution in [0.5, 0.6) is 0 Å². The summed E-state index contributed by atoms with van der Waals surface area (Å²) in [7, 11) is 0. The van der Waals surface area contributed by atoms with Crippen LogP contribution in [0.15, 0.2) is 0 Å². The third kappa shape index (κ3) is 1.54. The molecule has 1 heteroatoms. The largest absolute Gasteiger partial charge is 0.312 e. The molecule has 3 aliphatic carbocycles. The first-order valence-corrected chi connectivity index (χ1v) is 7.52.